The number of phenolic OH excluding ortho intramolecular Hbond substituents is 2. The lowest BCUT2D eigenvalue weighted by Gasteiger charge is -2.12. The van der Waals surface area contributed by atoms with Crippen molar-refractivity contribution in [3.63, 3.8) is 0 Å². The first kappa shape index (κ1) is 18.1. The molecule has 5 rings (SSSR count). The zero-order chi connectivity index (χ0) is 20.5. The topological polar surface area (TPSA) is 49.7 Å². The highest BCUT2D eigenvalue weighted by molar-refractivity contribution is 6.00. The third-order valence-electron chi connectivity index (χ3n) is 5.42. The minimum Gasteiger partial charge on any atom is -0.507 e. The molecule has 3 nitrogen and oxygen atoms in total. The van der Waals surface area contributed by atoms with Gasteiger partial charge in [-0.05, 0) is 40.3 Å². The molecule has 3 heteroatoms. The van der Waals surface area contributed by atoms with Crippen molar-refractivity contribution in [3.05, 3.63) is 103 Å². The molecule has 0 aliphatic heterocycles. The third kappa shape index (κ3) is 3.20. The SMILES string of the molecule is Oc1ccc(OCc2ccc(-c3ccc(O)c4ccccc34)cc2)c2ccccc12. The number of benzene rings is 5. The molecule has 30 heavy (non-hydrogen) atoms. The molecule has 5 aromatic carbocycles. The Labute approximate surface area is 174 Å². The van der Waals surface area contributed by atoms with Crippen LogP contribution in [0.5, 0.6) is 17.2 Å². The predicted molar refractivity (Wildman–Crippen MR) is 121 cm³/mol. The number of rotatable bonds is 4. The molecule has 0 fully saturated rings. The van der Waals surface area contributed by atoms with E-state index < -0.39 is 0 Å². The number of hydrogen-bond donors (Lipinski definition) is 2. The van der Waals surface area contributed by atoms with Gasteiger partial charge < -0.3 is 14.9 Å². The van der Waals surface area contributed by atoms with Gasteiger partial charge in [0.15, 0.2) is 0 Å². The predicted octanol–water partition coefficient (Wildman–Crippen LogP) is 6.65. The Morgan fingerprint density at radius 3 is 1.80 bits per heavy atom. The number of hydrogen-bond acceptors (Lipinski definition) is 3. The summed E-state index contributed by atoms with van der Waals surface area (Å²) in [4.78, 5) is 0. The molecular formula is C27H20O3. The van der Waals surface area contributed by atoms with Crippen molar-refractivity contribution in [1.29, 1.82) is 0 Å². The summed E-state index contributed by atoms with van der Waals surface area (Å²) in [6.07, 6.45) is 0. The van der Waals surface area contributed by atoms with Crippen LogP contribution in [0.3, 0.4) is 0 Å². The summed E-state index contributed by atoms with van der Waals surface area (Å²) >= 11 is 0. The first-order valence-corrected chi connectivity index (χ1v) is 9.84. The normalized spacial score (nSPS) is 11.1. The maximum atomic E-state index is 10.1. The molecule has 0 aliphatic carbocycles. The maximum absolute atomic E-state index is 10.1. The maximum Gasteiger partial charge on any atom is 0.127 e. The number of ether oxygens (including phenoxy) is 1. The molecule has 5 aromatic rings. The zero-order valence-corrected chi connectivity index (χ0v) is 16.2. The van der Waals surface area contributed by atoms with Crippen LogP contribution in [0, 0.1) is 0 Å². The largest absolute Gasteiger partial charge is 0.507 e. The van der Waals surface area contributed by atoms with Gasteiger partial charge in [-0.15, -0.1) is 0 Å². The van der Waals surface area contributed by atoms with Crippen molar-refractivity contribution in [3.8, 4) is 28.4 Å². The van der Waals surface area contributed by atoms with Crippen LogP contribution in [0.4, 0.5) is 0 Å². The fourth-order valence-electron chi connectivity index (χ4n) is 3.86. The van der Waals surface area contributed by atoms with E-state index in [-0.39, 0.29) is 5.75 Å². The van der Waals surface area contributed by atoms with Crippen LogP contribution in [-0.4, -0.2) is 10.2 Å². The first-order chi connectivity index (χ1) is 14.7. The quantitative estimate of drug-likeness (QED) is 0.360. The van der Waals surface area contributed by atoms with Gasteiger partial charge in [0.2, 0.25) is 0 Å². The molecule has 0 heterocycles. The van der Waals surface area contributed by atoms with Crippen LogP contribution in [-0.2, 0) is 6.61 Å². The molecule has 0 unspecified atom stereocenters. The van der Waals surface area contributed by atoms with Gasteiger partial charge in [0.25, 0.3) is 0 Å². The molecule has 0 saturated heterocycles. The minimum atomic E-state index is 0.253. The Morgan fingerprint density at radius 1 is 0.533 bits per heavy atom. The number of fused-ring (bicyclic) bond motifs is 2. The Balaban J connectivity index is 1.41. The van der Waals surface area contributed by atoms with E-state index in [1.165, 1.54) is 0 Å². The highest BCUT2D eigenvalue weighted by atomic mass is 16.5. The molecular weight excluding hydrogens is 372 g/mol. The summed E-state index contributed by atoms with van der Waals surface area (Å²) in [5.41, 5.74) is 3.23. The van der Waals surface area contributed by atoms with Gasteiger partial charge in [-0.2, -0.15) is 0 Å². The highest BCUT2D eigenvalue weighted by Gasteiger charge is 2.08. The Morgan fingerprint density at radius 2 is 1.10 bits per heavy atom. The van der Waals surface area contributed by atoms with Crippen molar-refractivity contribution in [2.75, 3.05) is 0 Å². The lowest BCUT2D eigenvalue weighted by Crippen LogP contribution is -1.96. The molecule has 0 amide bonds. The molecule has 0 aromatic heterocycles. The summed E-state index contributed by atoms with van der Waals surface area (Å²) in [6, 6.07) is 30.9. The van der Waals surface area contributed by atoms with E-state index in [9.17, 15) is 10.2 Å². The average Bonchev–Trinajstić information content (AvgIpc) is 2.80. The van der Waals surface area contributed by atoms with Crippen molar-refractivity contribution < 1.29 is 14.9 Å². The van der Waals surface area contributed by atoms with E-state index in [2.05, 4.69) is 24.3 Å². The van der Waals surface area contributed by atoms with E-state index in [0.717, 1.165) is 44.0 Å². The third-order valence-corrected chi connectivity index (χ3v) is 5.42. The molecule has 0 bridgehead atoms. The fourth-order valence-corrected chi connectivity index (χ4v) is 3.86. The molecule has 0 saturated carbocycles. The summed E-state index contributed by atoms with van der Waals surface area (Å²) < 4.78 is 6.05. The number of phenols is 2. The molecule has 0 aliphatic rings. The van der Waals surface area contributed by atoms with Gasteiger partial charge in [0.05, 0.1) is 0 Å². The first-order valence-electron chi connectivity index (χ1n) is 9.84. The van der Waals surface area contributed by atoms with Crippen molar-refractivity contribution in [2.45, 2.75) is 6.61 Å². The summed E-state index contributed by atoms with van der Waals surface area (Å²) in [5.74, 6) is 1.29. The Bertz CT molecular complexity index is 1350. The van der Waals surface area contributed by atoms with Gasteiger partial charge in [-0.1, -0.05) is 78.9 Å². The standard InChI is InChI=1S/C27H20O3/c28-25-14-13-20(21-5-1-2-6-22(21)25)19-11-9-18(10-12-19)17-30-27-16-15-26(29)23-7-3-4-8-24(23)27/h1-16,28-29H,17H2. The highest BCUT2D eigenvalue weighted by Crippen LogP contribution is 2.35. The van der Waals surface area contributed by atoms with E-state index in [4.69, 9.17) is 4.74 Å². The summed E-state index contributed by atoms with van der Waals surface area (Å²) in [5, 5.41) is 23.7. The lowest BCUT2D eigenvalue weighted by molar-refractivity contribution is 0.309. The molecule has 0 radical (unpaired) electrons. The van der Waals surface area contributed by atoms with E-state index >= 15 is 0 Å². The molecule has 0 spiro atoms. The van der Waals surface area contributed by atoms with Crippen LogP contribution in [0.1, 0.15) is 5.56 Å². The van der Waals surface area contributed by atoms with Crippen LogP contribution in [0.15, 0.2) is 97.1 Å². The second-order valence-electron chi connectivity index (χ2n) is 7.29. The average molecular weight is 392 g/mol. The number of aromatic hydroxyl groups is 2. The van der Waals surface area contributed by atoms with Crippen molar-refractivity contribution in [2.24, 2.45) is 0 Å². The Hall–Kier alpha value is -3.98. The summed E-state index contributed by atoms with van der Waals surface area (Å²) in [6.45, 7) is 0.436. The Kier molecular flexibility index (Phi) is 4.49. The van der Waals surface area contributed by atoms with Crippen molar-refractivity contribution >= 4 is 21.5 Å². The fraction of sp³-hybridized carbons (Fsp3) is 0.0370. The second-order valence-corrected chi connectivity index (χ2v) is 7.29. The van der Waals surface area contributed by atoms with Gasteiger partial charge in [-0.25, -0.2) is 0 Å². The van der Waals surface area contributed by atoms with Gasteiger partial charge in [-0.3, -0.25) is 0 Å². The van der Waals surface area contributed by atoms with E-state index in [0.29, 0.717) is 12.4 Å². The molecule has 146 valence electrons. The van der Waals surface area contributed by atoms with Crippen LogP contribution < -0.4 is 4.74 Å². The minimum absolute atomic E-state index is 0.253. The monoisotopic (exact) mass is 392 g/mol. The lowest BCUT2D eigenvalue weighted by atomic mass is 9.97. The van der Waals surface area contributed by atoms with Crippen molar-refractivity contribution in [1.82, 2.24) is 0 Å². The summed E-state index contributed by atoms with van der Waals surface area (Å²) in [7, 11) is 0. The van der Waals surface area contributed by atoms with Crippen LogP contribution in [0.25, 0.3) is 32.7 Å². The van der Waals surface area contributed by atoms with Gasteiger partial charge >= 0.3 is 0 Å². The van der Waals surface area contributed by atoms with Crippen LogP contribution in [0.2, 0.25) is 0 Å². The molecule has 0 atom stereocenters. The van der Waals surface area contributed by atoms with Gasteiger partial charge in [0, 0.05) is 16.2 Å². The second kappa shape index (κ2) is 7.45. The van der Waals surface area contributed by atoms with Crippen LogP contribution >= 0.6 is 0 Å². The molecule has 2 N–H and O–H groups in total. The van der Waals surface area contributed by atoms with E-state index in [1.54, 1.807) is 18.2 Å². The van der Waals surface area contributed by atoms with E-state index in [1.807, 2.05) is 54.6 Å². The smallest absolute Gasteiger partial charge is 0.127 e. The van der Waals surface area contributed by atoms with Gasteiger partial charge in [0.1, 0.15) is 23.9 Å². The zero-order valence-electron chi connectivity index (χ0n) is 16.2.